The van der Waals surface area contributed by atoms with Gasteiger partial charge in [-0.15, -0.1) is 0 Å². The maximum absolute atomic E-state index is 10.4. The standard InChI is InChI=1S/C7H13NO4/c1-2-3-5(7(11)12)8-4-6(9)10/h5,8H,2-4H2,1H3,(H,9,10)(H,11,12)/t5-/m0/s1. The lowest BCUT2D eigenvalue weighted by atomic mass is 10.2. The highest BCUT2D eigenvalue weighted by Crippen LogP contribution is 1.95. The average molecular weight is 175 g/mol. The predicted octanol–water partition coefficient (Wildman–Crippen LogP) is -0.0861. The molecule has 0 aliphatic carbocycles. The van der Waals surface area contributed by atoms with Gasteiger partial charge in [0, 0.05) is 0 Å². The summed E-state index contributed by atoms with van der Waals surface area (Å²) >= 11 is 0. The van der Waals surface area contributed by atoms with E-state index in [-0.39, 0.29) is 6.54 Å². The van der Waals surface area contributed by atoms with Crippen molar-refractivity contribution in [2.75, 3.05) is 6.54 Å². The van der Waals surface area contributed by atoms with Crippen LogP contribution in [0.4, 0.5) is 0 Å². The number of hydrogen-bond donors (Lipinski definition) is 3. The van der Waals surface area contributed by atoms with Gasteiger partial charge in [-0.1, -0.05) is 13.3 Å². The molecular formula is C7H13NO4. The van der Waals surface area contributed by atoms with Crippen LogP contribution in [0.15, 0.2) is 0 Å². The molecule has 3 N–H and O–H groups in total. The van der Waals surface area contributed by atoms with Crippen LogP contribution in [-0.2, 0) is 9.59 Å². The van der Waals surface area contributed by atoms with E-state index in [0.29, 0.717) is 12.8 Å². The van der Waals surface area contributed by atoms with Crippen LogP contribution in [0.5, 0.6) is 0 Å². The fraction of sp³-hybridized carbons (Fsp3) is 0.714. The third-order valence-corrected chi connectivity index (χ3v) is 1.38. The fourth-order valence-electron chi connectivity index (χ4n) is 0.812. The van der Waals surface area contributed by atoms with Crippen LogP contribution in [-0.4, -0.2) is 34.7 Å². The van der Waals surface area contributed by atoms with Crippen LogP contribution in [0, 0.1) is 0 Å². The molecule has 70 valence electrons. The zero-order valence-corrected chi connectivity index (χ0v) is 6.91. The molecule has 0 heterocycles. The molecule has 0 radical (unpaired) electrons. The summed E-state index contributed by atoms with van der Waals surface area (Å²) < 4.78 is 0. The minimum Gasteiger partial charge on any atom is -0.480 e. The summed E-state index contributed by atoms with van der Waals surface area (Å²) in [5.74, 6) is -2.05. The molecule has 0 aromatic carbocycles. The van der Waals surface area contributed by atoms with Gasteiger partial charge in [-0.2, -0.15) is 0 Å². The van der Waals surface area contributed by atoms with E-state index in [4.69, 9.17) is 10.2 Å². The van der Waals surface area contributed by atoms with Crippen molar-refractivity contribution in [3.63, 3.8) is 0 Å². The number of rotatable bonds is 6. The summed E-state index contributed by atoms with van der Waals surface area (Å²) in [6, 6.07) is -0.744. The molecule has 12 heavy (non-hydrogen) atoms. The van der Waals surface area contributed by atoms with E-state index in [9.17, 15) is 9.59 Å². The second-order valence-electron chi connectivity index (χ2n) is 2.45. The summed E-state index contributed by atoms with van der Waals surface area (Å²) in [7, 11) is 0. The van der Waals surface area contributed by atoms with Crippen LogP contribution < -0.4 is 5.32 Å². The number of carbonyl (C=O) groups is 2. The molecule has 0 saturated carbocycles. The molecule has 0 aliphatic heterocycles. The van der Waals surface area contributed by atoms with Gasteiger partial charge in [-0.3, -0.25) is 14.9 Å². The first-order valence-electron chi connectivity index (χ1n) is 3.76. The van der Waals surface area contributed by atoms with Gasteiger partial charge in [0.25, 0.3) is 0 Å². The van der Waals surface area contributed by atoms with Gasteiger partial charge >= 0.3 is 11.9 Å². The van der Waals surface area contributed by atoms with Crippen LogP contribution in [0.2, 0.25) is 0 Å². The molecule has 0 spiro atoms. The monoisotopic (exact) mass is 175 g/mol. The molecular weight excluding hydrogens is 162 g/mol. The SMILES string of the molecule is CCC[C@H](NCC(=O)O)C(=O)O. The fourth-order valence-corrected chi connectivity index (χ4v) is 0.812. The van der Waals surface area contributed by atoms with E-state index in [2.05, 4.69) is 5.32 Å². The van der Waals surface area contributed by atoms with Gasteiger partial charge in [0.1, 0.15) is 6.04 Å². The number of nitrogens with one attached hydrogen (secondary N) is 1. The van der Waals surface area contributed by atoms with Gasteiger partial charge in [0.15, 0.2) is 0 Å². The van der Waals surface area contributed by atoms with E-state index < -0.39 is 18.0 Å². The third kappa shape index (κ3) is 4.68. The van der Waals surface area contributed by atoms with E-state index in [1.54, 1.807) is 0 Å². The lowest BCUT2D eigenvalue weighted by Gasteiger charge is -2.10. The smallest absolute Gasteiger partial charge is 0.320 e. The zero-order valence-electron chi connectivity index (χ0n) is 6.91. The minimum atomic E-state index is -1.04. The second kappa shape index (κ2) is 5.54. The summed E-state index contributed by atoms with van der Waals surface area (Å²) in [5.41, 5.74) is 0. The first kappa shape index (κ1) is 10.9. The van der Waals surface area contributed by atoms with Crippen molar-refractivity contribution in [2.24, 2.45) is 0 Å². The molecule has 0 bridgehead atoms. The molecule has 0 fully saturated rings. The van der Waals surface area contributed by atoms with E-state index in [1.807, 2.05) is 6.92 Å². The first-order chi connectivity index (χ1) is 5.57. The summed E-state index contributed by atoms with van der Waals surface area (Å²) in [5, 5.41) is 19.2. The lowest BCUT2D eigenvalue weighted by Crippen LogP contribution is -2.39. The largest absolute Gasteiger partial charge is 0.480 e. The molecule has 0 unspecified atom stereocenters. The molecule has 0 aromatic rings. The minimum absolute atomic E-state index is 0.309. The Hall–Kier alpha value is -1.10. The topological polar surface area (TPSA) is 86.6 Å². The predicted molar refractivity (Wildman–Crippen MR) is 42.0 cm³/mol. The number of carboxylic acids is 2. The Balaban J connectivity index is 3.79. The summed E-state index contributed by atoms with van der Waals surface area (Å²) in [6.07, 6.45) is 1.16. The normalized spacial score (nSPS) is 12.4. The molecule has 0 saturated heterocycles. The highest BCUT2D eigenvalue weighted by atomic mass is 16.4. The van der Waals surface area contributed by atoms with Crippen molar-refractivity contribution in [3.05, 3.63) is 0 Å². The molecule has 0 rings (SSSR count). The van der Waals surface area contributed by atoms with Crippen molar-refractivity contribution in [1.82, 2.24) is 5.32 Å². The van der Waals surface area contributed by atoms with E-state index in [0.717, 1.165) is 0 Å². The van der Waals surface area contributed by atoms with Crippen molar-refractivity contribution >= 4 is 11.9 Å². The Bertz CT molecular complexity index is 169. The number of aliphatic carboxylic acids is 2. The summed E-state index contributed by atoms with van der Waals surface area (Å²) in [6.45, 7) is 1.54. The van der Waals surface area contributed by atoms with Crippen LogP contribution in [0.1, 0.15) is 19.8 Å². The van der Waals surface area contributed by atoms with Gasteiger partial charge < -0.3 is 10.2 Å². The van der Waals surface area contributed by atoms with E-state index in [1.165, 1.54) is 0 Å². The van der Waals surface area contributed by atoms with Gasteiger partial charge in [-0.25, -0.2) is 0 Å². The first-order valence-corrected chi connectivity index (χ1v) is 3.76. The van der Waals surface area contributed by atoms with Crippen LogP contribution >= 0.6 is 0 Å². The second-order valence-corrected chi connectivity index (χ2v) is 2.45. The molecule has 0 aromatic heterocycles. The summed E-state index contributed by atoms with van der Waals surface area (Å²) in [4.78, 5) is 20.5. The number of hydrogen-bond acceptors (Lipinski definition) is 3. The molecule has 5 heteroatoms. The average Bonchev–Trinajstić information content (AvgIpc) is 1.96. The van der Waals surface area contributed by atoms with Crippen LogP contribution in [0.3, 0.4) is 0 Å². The Kier molecular flexibility index (Phi) is 5.03. The molecule has 1 atom stereocenters. The molecule has 5 nitrogen and oxygen atoms in total. The quantitative estimate of drug-likeness (QED) is 0.525. The molecule has 0 aliphatic rings. The Labute approximate surface area is 70.4 Å². The van der Waals surface area contributed by atoms with Crippen molar-refractivity contribution in [3.8, 4) is 0 Å². The van der Waals surface area contributed by atoms with Crippen molar-refractivity contribution in [1.29, 1.82) is 0 Å². The zero-order chi connectivity index (χ0) is 9.56. The third-order valence-electron chi connectivity index (χ3n) is 1.38. The van der Waals surface area contributed by atoms with Gasteiger partial charge in [-0.05, 0) is 6.42 Å². The molecule has 0 amide bonds. The lowest BCUT2D eigenvalue weighted by molar-refractivity contribution is -0.140. The maximum atomic E-state index is 10.4. The van der Waals surface area contributed by atoms with Crippen molar-refractivity contribution in [2.45, 2.75) is 25.8 Å². The number of carboxylic acid groups (broad SMARTS) is 2. The van der Waals surface area contributed by atoms with Gasteiger partial charge in [0.05, 0.1) is 6.54 Å². The maximum Gasteiger partial charge on any atom is 0.320 e. The Morgan fingerprint density at radius 2 is 2.00 bits per heavy atom. The van der Waals surface area contributed by atoms with Crippen molar-refractivity contribution < 1.29 is 19.8 Å². The Morgan fingerprint density at radius 3 is 2.33 bits per heavy atom. The van der Waals surface area contributed by atoms with Gasteiger partial charge in [0.2, 0.25) is 0 Å². The van der Waals surface area contributed by atoms with Crippen LogP contribution in [0.25, 0.3) is 0 Å². The highest BCUT2D eigenvalue weighted by molar-refractivity contribution is 5.75. The highest BCUT2D eigenvalue weighted by Gasteiger charge is 2.15. The van der Waals surface area contributed by atoms with E-state index >= 15 is 0 Å². The Morgan fingerprint density at radius 1 is 1.42 bits per heavy atom.